The fraction of sp³-hybridized carbons (Fsp3) is 0.0909. The largest absolute Gasteiger partial charge is 0.374 e. The van der Waals surface area contributed by atoms with E-state index in [1.165, 1.54) is 23.1 Å². The molecule has 2 rings (SSSR count). The van der Waals surface area contributed by atoms with Gasteiger partial charge in [-0.3, -0.25) is 14.9 Å². The van der Waals surface area contributed by atoms with Crippen molar-refractivity contribution in [1.29, 1.82) is 0 Å². The number of rotatable bonds is 4. The summed E-state index contributed by atoms with van der Waals surface area (Å²) >= 11 is 5.63. The predicted octanol–water partition coefficient (Wildman–Crippen LogP) is 1.93. The van der Waals surface area contributed by atoms with Crippen LogP contribution in [0.4, 0.5) is 5.13 Å². The number of imide groups is 1. The predicted molar refractivity (Wildman–Crippen MR) is 81.7 cm³/mol. The molecule has 0 atom stereocenters. The highest BCUT2D eigenvalue weighted by atomic mass is 79.9. The zero-order valence-electron chi connectivity index (χ0n) is 10.00. The number of benzene rings is 1. The number of aromatic nitrogens is 2. The summed E-state index contributed by atoms with van der Waals surface area (Å²) in [6, 6.07) is 6.88. The van der Waals surface area contributed by atoms with Crippen LogP contribution in [0.15, 0.2) is 33.1 Å². The normalized spacial score (nSPS) is 10.2. The van der Waals surface area contributed by atoms with Gasteiger partial charge >= 0.3 is 0 Å². The molecular formula is C11H9BrN4O2S2. The maximum absolute atomic E-state index is 11.9. The fourth-order valence-corrected chi connectivity index (χ4v) is 3.18. The lowest BCUT2D eigenvalue weighted by Gasteiger charge is -2.04. The van der Waals surface area contributed by atoms with Crippen molar-refractivity contribution in [3.63, 3.8) is 0 Å². The lowest BCUT2D eigenvalue weighted by Crippen LogP contribution is -2.32. The van der Waals surface area contributed by atoms with Gasteiger partial charge in [-0.25, -0.2) is 0 Å². The number of nitrogens with one attached hydrogen (secondary N) is 1. The van der Waals surface area contributed by atoms with Crippen LogP contribution in [0.5, 0.6) is 0 Å². The highest BCUT2D eigenvalue weighted by molar-refractivity contribution is 9.10. The van der Waals surface area contributed by atoms with Crippen LogP contribution in [0, 0.1) is 0 Å². The van der Waals surface area contributed by atoms with E-state index in [1.54, 1.807) is 24.3 Å². The molecule has 0 aliphatic carbocycles. The van der Waals surface area contributed by atoms with Gasteiger partial charge in [0, 0.05) is 4.47 Å². The average molecular weight is 373 g/mol. The molecule has 0 unspecified atom stereocenters. The molecule has 20 heavy (non-hydrogen) atoms. The summed E-state index contributed by atoms with van der Waals surface area (Å²) in [6.07, 6.45) is 0. The lowest BCUT2D eigenvalue weighted by molar-refractivity contribution is -0.117. The second-order valence-corrected chi connectivity index (χ2v) is 6.64. The molecule has 1 aromatic carbocycles. The molecule has 0 aliphatic rings. The number of hydrogen-bond donors (Lipinski definition) is 2. The third-order valence-electron chi connectivity index (χ3n) is 2.12. The topological polar surface area (TPSA) is 98.0 Å². The van der Waals surface area contributed by atoms with Gasteiger partial charge in [-0.2, -0.15) is 0 Å². The number of nitrogens with zero attached hydrogens (tertiary/aromatic N) is 2. The average Bonchev–Trinajstić information content (AvgIpc) is 2.82. The van der Waals surface area contributed by atoms with Crippen LogP contribution in [0.3, 0.4) is 0 Å². The first kappa shape index (κ1) is 14.9. The Hall–Kier alpha value is -1.45. The zero-order chi connectivity index (χ0) is 14.5. The van der Waals surface area contributed by atoms with E-state index in [-0.39, 0.29) is 5.75 Å². The summed E-state index contributed by atoms with van der Waals surface area (Å²) in [7, 11) is 0. The molecule has 2 amide bonds. The van der Waals surface area contributed by atoms with E-state index in [0.29, 0.717) is 19.5 Å². The Morgan fingerprint density at radius 1 is 1.35 bits per heavy atom. The second kappa shape index (κ2) is 6.82. The van der Waals surface area contributed by atoms with Gasteiger partial charge in [0.05, 0.1) is 11.3 Å². The number of anilines is 1. The van der Waals surface area contributed by atoms with Gasteiger partial charge in [-0.1, -0.05) is 35.2 Å². The van der Waals surface area contributed by atoms with Crippen molar-refractivity contribution in [2.45, 2.75) is 4.34 Å². The van der Waals surface area contributed by atoms with Crippen molar-refractivity contribution in [3.8, 4) is 0 Å². The minimum Gasteiger partial charge on any atom is -0.374 e. The molecule has 6 nitrogen and oxygen atoms in total. The van der Waals surface area contributed by atoms with Crippen LogP contribution in [0.25, 0.3) is 0 Å². The highest BCUT2D eigenvalue weighted by Crippen LogP contribution is 2.23. The first-order valence-electron chi connectivity index (χ1n) is 5.37. The van der Waals surface area contributed by atoms with Crippen molar-refractivity contribution in [3.05, 3.63) is 34.3 Å². The summed E-state index contributed by atoms with van der Waals surface area (Å²) in [5.74, 6) is -0.769. The summed E-state index contributed by atoms with van der Waals surface area (Å²) in [5, 5.41) is 10.1. The van der Waals surface area contributed by atoms with Crippen molar-refractivity contribution in [2.75, 3.05) is 11.5 Å². The smallest absolute Gasteiger partial charge is 0.259 e. The highest BCUT2D eigenvalue weighted by Gasteiger charge is 2.13. The van der Waals surface area contributed by atoms with Crippen LogP contribution < -0.4 is 11.1 Å². The van der Waals surface area contributed by atoms with E-state index in [9.17, 15) is 9.59 Å². The van der Waals surface area contributed by atoms with Crippen LogP contribution in [-0.2, 0) is 4.79 Å². The molecule has 1 aromatic heterocycles. The molecule has 0 saturated carbocycles. The Labute approximate surface area is 131 Å². The Morgan fingerprint density at radius 3 is 2.75 bits per heavy atom. The number of amides is 2. The number of nitrogen functional groups attached to an aromatic ring is 1. The molecule has 0 aliphatic heterocycles. The van der Waals surface area contributed by atoms with Crippen LogP contribution in [0.2, 0.25) is 0 Å². The molecule has 0 bridgehead atoms. The third kappa shape index (κ3) is 4.02. The maximum atomic E-state index is 11.9. The number of nitrogens with two attached hydrogens (primary N) is 1. The van der Waals surface area contributed by atoms with Crippen LogP contribution in [-0.4, -0.2) is 27.8 Å². The monoisotopic (exact) mass is 372 g/mol. The molecule has 1 heterocycles. The van der Waals surface area contributed by atoms with Gasteiger partial charge in [0.2, 0.25) is 11.0 Å². The summed E-state index contributed by atoms with van der Waals surface area (Å²) in [5.41, 5.74) is 5.84. The van der Waals surface area contributed by atoms with Crippen molar-refractivity contribution < 1.29 is 9.59 Å². The molecule has 0 spiro atoms. The van der Waals surface area contributed by atoms with E-state index in [2.05, 4.69) is 31.4 Å². The van der Waals surface area contributed by atoms with Crippen molar-refractivity contribution in [2.24, 2.45) is 0 Å². The molecular weight excluding hydrogens is 364 g/mol. The zero-order valence-corrected chi connectivity index (χ0v) is 13.2. The van der Waals surface area contributed by atoms with E-state index >= 15 is 0 Å². The quantitative estimate of drug-likeness (QED) is 0.795. The first-order valence-corrected chi connectivity index (χ1v) is 7.96. The lowest BCUT2D eigenvalue weighted by atomic mass is 10.2. The van der Waals surface area contributed by atoms with E-state index < -0.39 is 11.8 Å². The summed E-state index contributed by atoms with van der Waals surface area (Å²) < 4.78 is 1.22. The van der Waals surface area contributed by atoms with E-state index in [4.69, 9.17) is 5.73 Å². The maximum Gasteiger partial charge on any atom is 0.259 e. The van der Waals surface area contributed by atoms with Crippen molar-refractivity contribution >= 4 is 56.0 Å². The SMILES string of the molecule is Nc1nnc(SCC(=O)NC(=O)c2ccccc2Br)s1. The standard InChI is InChI=1S/C11H9BrN4O2S2/c12-7-4-2-1-3-6(7)9(18)14-8(17)5-19-11-16-15-10(13)20-11/h1-4H,5H2,(H2,13,15)(H,14,17,18). The van der Waals surface area contributed by atoms with Crippen LogP contribution in [0.1, 0.15) is 10.4 Å². The number of thioether (sulfide) groups is 1. The minimum absolute atomic E-state index is 0.0742. The van der Waals surface area contributed by atoms with Crippen LogP contribution >= 0.6 is 39.0 Å². The van der Waals surface area contributed by atoms with Crippen molar-refractivity contribution in [1.82, 2.24) is 15.5 Å². The Bertz CT molecular complexity index is 647. The van der Waals surface area contributed by atoms with E-state index in [0.717, 1.165) is 0 Å². The van der Waals surface area contributed by atoms with Gasteiger partial charge in [0.1, 0.15) is 0 Å². The fourth-order valence-electron chi connectivity index (χ4n) is 1.28. The summed E-state index contributed by atoms with van der Waals surface area (Å²) in [6.45, 7) is 0. The Kier molecular flexibility index (Phi) is 5.10. The second-order valence-electron chi connectivity index (χ2n) is 3.55. The summed E-state index contributed by atoms with van der Waals surface area (Å²) in [4.78, 5) is 23.6. The number of carbonyl (C=O) groups is 2. The molecule has 0 fully saturated rings. The molecule has 104 valence electrons. The third-order valence-corrected chi connectivity index (χ3v) is 4.70. The van der Waals surface area contributed by atoms with E-state index in [1.807, 2.05) is 0 Å². The molecule has 0 radical (unpaired) electrons. The molecule has 2 aromatic rings. The van der Waals surface area contributed by atoms with Gasteiger partial charge in [-0.15, -0.1) is 10.2 Å². The van der Waals surface area contributed by atoms with Gasteiger partial charge in [-0.05, 0) is 28.1 Å². The molecule has 0 saturated heterocycles. The Morgan fingerprint density at radius 2 is 2.10 bits per heavy atom. The number of halogens is 1. The van der Waals surface area contributed by atoms with Gasteiger partial charge in [0.25, 0.3) is 5.91 Å². The number of hydrogen-bond acceptors (Lipinski definition) is 7. The van der Waals surface area contributed by atoms with Gasteiger partial charge in [0.15, 0.2) is 4.34 Å². The first-order chi connectivity index (χ1) is 9.56. The number of carbonyl (C=O) groups excluding carboxylic acids is 2. The molecule has 9 heteroatoms. The minimum atomic E-state index is -0.445. The van der Waals surface area contributed by atoms with Gasteiger partial charge < -0.3 is 5.73 Å². The Balaban J connectivity index is 1.88. The molecule has 3 N–H and O–H groups in total.